The first-order chi connectivity index (χ1) is 10.9. The maximum atomic E-state index is 12.9. The van der Waals surface area contributed by atoms with Crippen LogP contribution in [0.5, 0.6) is 0 Å². The van der Waals surface area contributed by atoms with E-state index in [0.717, 1.165) is 18.4 Å². The summed E-state index contributed by atoms with van der Waals surface area (Å²) in [7, 11) is -2.03. The van der Waals surface area contributed by atoms with E-state index in [4.69, 9.17) is 23.2 Å². The van der Waals surface area contributed by atoms with E-state index >= 15 is 0 Å². The van der Waals surface area contributed by atoms with Crippen molar-refractivity contribution in [1.82, 2.24) is 13.9 Å². The van der Waals surface area contributed by atoms with Crippen LogP contribution in [0, 0.1) is 0 Å². The minimum atomic E-state index is -3.62. The average Bonchev–Trinajstić information content (AvgIpc) is 3.10. The van der Waals surface area contributed by atoms with Gasteiger partial charge in [0.2, 0.25) is 5.28 Å². The van der Waals surface area contributed by atoms with Gasteiger partial charge in [0.1, 0.15) is 0 Å². The number of aromatic nitrogens is 2. The summed E-state index contributed by atoms with van der Waals surface area (Å²) in [4.78, 5) is 3.88. The lowest BCUT2D eigenvalue weighted by molar-refractivity contribution is 0.382. The number of rotatable bonds is 4. The van der Waals surface area contributed by atoms with Gasteiger partial charge in [0.15, 0.2) is 5.03 Å². The molecule has 0 N–H and O–H groups in total. The molecule has 0 bridgehead atoms. The van der Waals surface area contributed by atoms with Gasteiger partial charge < -0.3 is 4.57 Å². The summed E-state index contributed by atoms with van der Waals surface area (Å²) < 4.78 is 28.8. The van der Waals surface area contributed by atoms with Crippen LogP contribution in [0.2, 0.25) is 10.3 Å². The fraction of sp³-hybridized carbons (Fsp3) is 0.400. The molecule has 1 fully saturated rings. The fourth-order valence-corrected chi connectivity index (χ4v) is 5.18. The van der Waals surface area contributed by atoms with Gasteiger partial charge in [-0.25, -0.2) is 13.4 Å². The van der Waals surface area contributed by atoms with Crippen molar-refractivity contribution < 1.29 is 8.42 Å². The maximum Gasteiger partial charge on any atom is 0.260 e. The number of hydrogen-bond acceptors (Lipinski definition) is 3. The second-order valence-corrected chi connectivity index (χ2v) is 8.21. The van der Waals surface area contributed by atoms with E-state index in [0.29, 0.717) is 18.0 Å². The van der Waals surface area contributed by atoms with Crippen molar-refractivity contribution >= 4 is 33.2 Å². The Balaban J connectivity index is 1.89. The van der Waals surface area contributed by atoms with Gasteiger partial charge in [-0.1, -0.05) is 29.8 Å². The molecule has 1 saturated heterocycles. The van der Waals surface area contributed by atoms with Crippen LogP contribution in [0.25, 0.3) is 0 Å². The predicted octanol–water partition coefficient (Wildman–Crippen LogP) is 3.12. The summed E-state index contributed by atoms with van der Waals surface area (Å²) in [6.07, 6.45) is 3.56. The topological polar surface area (TPSA) is 55.2 Å². The van der Waals surface area contributed by atoms with E-state index < -0.39 is 10.0 Å². The van der Waals surface area contributed by atoms with Gasteiger partial charge in [-0.05, 0) is 42.5 Å². The summed E-state index contributed by atoms with van der Waals surface area (Å²) in [6.45, 7) is 0.500. The number of sulfonamides is 1. The number of halogens is 2. The normalized spacial score (nSPS) is 19.3. The van der Waals surface area contributed by atoms with E-state index in [1.165, 1.54) is 10.8 Å². The smallest absolute Gasteiger partial charge is 0.260 e. The van der Waals surface area contributed by atoms with Gasteiger partial charge in [0, 0.05) is 24.7 Å². The average molecular weight is 374 g/mol. The zero-order valence-corrected chi connectivity index (χ0v) is 14.9. The molecular formula is C15H17Cl2N3O2S. The molecule has 124 valence electrons. The third-order valence-electron chi connectivity index (χ3n) is 4.20. The lowest BCUT2D eigenvalue weighted by Crippen LogP contribution is -2.37. The minimum Gasteiger partial charge on any atom is -0.308 e. The first-order valence-electron chi connectivity index (χ1n) is 7.33. The van der Waals surface area contributed by atoms with Gasteiger partial charge in [-0.3, -0.25) is 0 Å². The molecule has 0 aliphatic carbocycles. The lowest BCUT2D eigenvalue weighted by atomic mass is 10.0. The molecule has 5 nitrogen and oxygen atoms in total. The molecule has 3 rings (SSSR count). The Kier molecular flexibility index (Phi) is 4.69. The highest BCUT2D eigenvalue weighted by Gasteiger charge is 2.37. The number of imidazole rings is 1. The molecule has 1 aliphatic heterocycles. The van der Waals surface area contributed by atoms with Crippen LogP contribution >= 0.6 is 23.2 Å². The molecule has 2 heterocycles. The van der Waals surface area contributed by atoms with Crippen LogP contribution < -0.4 is 0 Å². The zero-order valence-electron chi connectivity index (χ0n) is 12.6. The molecule has 0 spiro atoms. The molecule has 1 aromatic carbocycles. The van der Waals surface area contributed by atoms with E-state index in [9.17, 15) is 8.42 Å². The van der Waals surface area contributed by atoms with Crippen LogP contribution in [0.4, 0.5) is 0 Å². The molecular weight excluding hydrogens is 357 g/mol. The molecule has 0 amide bonds. The molecule has 1 unspecified atom stereocenters. The minimum absolute atomic E-state index is 0.103. The predicted molar refractivity (Wildman–Crippen MR) is 90.3 cm³/mol. The highest BCUT2D eigenvalue weighted by Crippen LogP contribution is 2.30. The van der Waals surface area contributed by atoms with Gasteiger partial charge >= 0.3 is 0 Å². The molecule has 2 aromatic rings. The summed E-state index contributed by atoms with van der Waals surface area (Å²) in [5, 5.41) is 0.944. The van der Waals surface area contributed by atoms with Gasteiger partial charge in [0.25, 0.3) is 10.0 Å². The number of benzene rings is 1. The number of nitrogens with zero attached hydrogens (tertiary/aromatic N) is 3. The molecule has 0 saturated carbocycles. The Morgan fingerprint density at radius 3 is 2.70 bits per heavy atom. The molecule has 1 aliphatic rings. The summed E-state index contributed by atoms with van der Waals surface area (Å²) in [5.74, 6) is 0. The summed E-state index contributed by atoms with van der Waals surface area (Å²) in [6, 6.07) is 7.44. The largest absolute Gasteiger partial charge is 0.308 e. The third-order valence-corrected chi connectivity index (χ3v) is 6.92. The van der Waals surface area contributed by atoms with Crippen LogP contribution in [0.1, 0.15) is 18.4 Å². The maximum absolute atomic E-state index is 12.9. The lowest BCUT2D eigenvalue weighted by Gasteiger charge is -2.24. The molecule has 1 atom stereocenters. The van der Waals surface area contributed by atoms with Crippen molar-refractivity contribution in [3.05, 3.63) is 46.3 Å². The highest BCUT2D eigenvalue weighted by molar-refractivity contribution is 7.89. The third kappa shape index (κ3) is 3.13. The molecule has 1 aromatic heterocycles. The summed E-state index contributed by atoms with van der Waals surface area (Å²) in [5.41, 5.74) is 0.962. The Bertz CT molecular complexity index is 820. The molecule has 8 heteroatoms. The van der Waals surface area contributed by atoms with Crippen molar-refractivity contribution in [2.75, 3.05) is 6.54 Å². The Morgan fingerprint density at radius 2 is 2.04 bits per heavy atom. The highest BCUT2D eigenvalue weighted by atomic mass is 35.5. The quantitative estimate of drug-likeness (QED) is 0.826. The van der Waals surface area contributed by atoms with Gasteiger partial charge in [0.05, 0.1) is 6.20 Å². The van der Waals surface area contributed by atoms with Crippen LogP contribution in [0.15, 0.2) is 35.5 Å². The van der Waals surface area contributed by atoms with E-state index in [2.05, 4.69) is 4.98 Å². The Morgan fingerprint density at radius 1 is 1.30 bits per heavy atom. The second-order valence-electron chi connectivity index (χ2n) is 5.63. The van der Waals surface area contributed by atoms with Crippen molar-refractivity contribution in [2.45, 2.75) is 30.3 Å². The monoisotopic (exact) mass is 373 g/mol. The Hall–Kier alpha value is -1.08. The van der Waals surface area contributed by atoms with Crippen molar-refractivity contribution in [1.29, 1.82) is 0 Å². The zero-order chi connectivity index (χ0) is 16.6. The molecule has 0 radical (unpaired) electrons. The van der Waals surface area contributed by atoms with Crippen molar-refractivity contribution in [3.63, 3.8) is 0 Å². The second kappa shape index (κ2) is 6.43. The number of hydrogen-bond donors (Lipinski definition) is 0. The molecule has 23 heavy (non-hydrogen) atoms. The Labute approximate surface area is 145 Å². The SMILES string of the molecule is Cn1c(S(=O)(=O)N2CCCC2Cc2ccccc2Cl)cnc1Cl. The van der Waals surface area contributed by atoms with Crippen molar-refractivity contribution in [2.24, 2.45) is 7.05 Å². The first kappa shape index (κ1) is 16.8. The van der Waals surface area contributed by atoms with E-state index in [1.54, 1.807) is 11.4 Å². The van der Waals surface area contributed by atoms with E-state index in [-0.39, 0.29) is 16.4 Å². The van der Waals surface area contributed by atoms with Crippen LogP contribution in [0.3, 0.4) is 0 Å². The van der Waals surface area contributed by atoms with Crippen LogP contribution in [-0.4, -0.2) is 34.9 Å². The van der Waals surface area contributed by atoms with Gasteiger partial charge in [-0.2, -0.15) is 4.31 Å². The fourth-order valence-electron chi connectivity index (χ4n) is 2.98. The first-order valence-corrected chi connectivity index (χ1v) is 9.53. The van der Waals surface area contributed by atoms with E-state index in [1.807, 2.05) is 24.3 Å². The van der Waals surface area contributed by atoms with Crippen LogP contribution in [-0.2, 0) is 23.5 Å². The summed E-state index contributed by atoms with van der Waals surface area (Å²) >= 11 is 12.1. The van der Waals surface area contributed by atoms with Crippen molar-refractivity contribution in [3.8, 4) is 0 Å². The standard InChI is InChI=1S/C15H17Cl2N3O2S/c1-19-14(10-18-15(19)17)23(21,22)20-8-4-6-12(20)9-11-5-2-3-7-13(11)16/h2-3,5,7,10,12H,4,6,8-9H2,1H3. The van der Waals surface area contributed by atoms with Gasteiger partial charge in [-0.15, -0.1) is 0 Å².